The number of rotatable bonds is 6. The molecule has 0 saturated heterocycles. The van der Waals surface area contributed by atoms with Crippen molar-refractivity contribution < 1.29 is 14.3 Å². The van der Waals surface area contributed by atoms with Crippen molar-refractivity contribution in [1.82, 2.24) is 9.78 Å². The van der Waals surface area contributed by atoms with Gasteiger partial charge in [-0.2, -0.15) is 10.4 Å². The summed E-state index contributed by atoms with van der Waals surface area (Å²) in [5.41, 5.74) is 1.82. The Kier molecular flexibility index (Phi) is 6.42. The highest BCUT2D eigenvalue weighted by molar-refractivity contribution is 6.31. The van der Waals surface area contributed by atoms with Gasteiger partial charge in [0.1, 0.15) is 5.15 Å². The third-order valence-electron chi connectivity index (χ3n) is 3.54. The molecule has 0 N–H and O–H groups in total. The first kappa shape index (κ1) is 19.5. The quantitative estimate of drug-likeness (QED) is 0.434. The maximum Gasteiger partial charge on any atom is 0.336 e. The zero-order valence-corrected chi connectivity index (χ0v) is 15.9. The van der Waals surface area contributed by atoms with E-state index in [1.165, 1.54) is 25.3 Å². The highest BCUT2D eigenvalue weighted by Gasteiger charge is 2.13. The van der Waals surface area contributed by atoms with Gasteiger partial charge in [0.2, 0.25) is 0 Å². The molecule has 0 saturated carbocycles. The molecule has 0 radical (unpaired) electrons. The molecule has 0 fully saturated rings. The fourth-order valence-electron chi connectivity index (χ4n) is 2.34. The molecule has 1 aromatic heterocycles. The fourth-order valence-corrected chi connectivity index (χ4v) is 2.65. The van der Waals surface area contributed by atoms with E-state index in [0.717, 1.165) is 5.69 Å². The zero-order valence-electron chi connectivity index (χ0n) is 15.1. The first-order chi connectivity index (χ1) is 12.3. The number of aromatic nitrogens is 2. The van der Waals surface area contributed by atoms with Crippen LogP contribution in [-0.4, -0.2) is 22.9 Å². The Labute approximate surface area is 157 Å². The van der Waals surface area contributed by atoms with E-state index in [1.807, 2.05) is 13.0 Å². The van der Waals surface area contributed by atoms with Crippen LogP contribution in [0, 0.1) is 24.2 Å². The molecule has 0 atom stereocenters. The minimum atomic E-state index is -0.583. The Morgan fingerprint density at radius 2 is 2.15 bits per heavy atom. The third kappa shape index (κ3) is 4.64. The number of nitrogens with zero attached hydrogens (tertiary/aromatic N) is 3. The Morgan fingerprint density at radius 1 is 1.42 bits per heavy atom. The van der Waals surface area contributed by atoms with E-state index in [1.54, 1.807) is 16.8 Å². The summed E-state index contributed by atoms with van der Waals surface area (Å²) in [6.07, 6.45) is 2.87. The van der Waals surface area contributed by atoms with Crippen LogP contribution in [0.5, 0.6) is 11.5 Å². The van der Waals surface area contributed by atoms with Crippen LogP contribution >= 0.6 is 11.6 Å². The summed E-state index contributed by atoms with van der Waals surface area (Å²) in [6, 6.07) is 6.57. The van der Waals surface area contributed by atoms with E-state index >= 15 is 0 Å². The van der Waals surface area contributed by atoms with E-state index in [0.29, 0.717) is 34.5 Å². The van der Waals surface area contributed by atoms with Crippen molar-refractivity contribution in [2.24, 2.45) is 5.92 Å². The molecule has 1 aromatic carbocycles. The summed E-state index contributed by atoms with van der Waals surface area (Å²) in [5.74, 6) is 0.363. The number of nitriles is 1. The van der Waals surface area contributed by atoms with Crippen LogP contribution in [-0.2, 0) is 11.3 Å². The van der Waals surface area contributed by atoms with Gasteiger partial charge in [-0.15, -0.1) is 0 Å². The topological polar surface area (TPSA) is 77.1 Å². The van der Waals surface area contributed by atoms with Crippen LogP contribution in [0.15, 0.2) is 24.3 Å². The predicted molar refractivity (Wildman–Crippen MR) is 99.2 cm³/mol. The van der Waals surface area contributed by atoms with Gasteiger partial charge in [-0.05, 0) is 31.1 Å². The number of carbonyl (C=O) groups excluding carboxylic acids is 1. The Balaban J connectivity index is 2.16. The van der Waals surface area contributed by atoms with Crippen molar-refractivity contribution >= 4 is 23.6 Å². The molecule has 1 heterocycles. The summed E-state index contributed by atoms with van der Waals surface area (Å²) in [6.45, 7) is 6.67. The predicted octanol–water partition coefficient (Wildman–Crippen LogP) is 4.00. The van der Waals surface area contributed by atoms with Crippen molar-refractivity contribution in [2.75, 3.05) is 7.11 Å². The maximum absolute atomic E-state index is 12.1. The van der Waals surface area contributed by atoms with Crippen molar-refractivity contribution in [2.45, 2.75) is 27.3 Å². The van der Waals surface area contributed by atoms with Crippen LogP contribution in [0.25, 0.3) is 6.08 Å². The molecule has 0 unspecified atom stereocenters. The van der Waals surface area contributed by atoms with Gasteiger partial charge in [-0.25, -0.2) is 4.79 Å². The second-order valence-corrected chi connectivity index (χ2v) is 6.46. The molecule has 6 nitrogen and oxygen atoms in total. The number of carbonyl (C=O) groups is 1. The third-order valence-corrected chi connectivity index (χ3v) is 3.94. The number of hydrogen-bond donors (Lipinski definition) is 0. The van der Waals surface area contributed by atoms with E-state index < -0.39 is 5.97 Å². The summed E-state index contributed by atoms with van der Waals surface area (Å²) in [4.78, 5) is 12.1. The van der Waals surface area contributed by atoms with Crippen LogP contribution < -0.4 is 9.47 Å². The summed E-state index contributed by atoms with van der Waals surface area (Å²) < 4.78 is 12.1. The van der Waals surface area contributed by atoms with Crippen LogP contribution in [0.1, 0.15) is 30.7 Å². The lowest BCUT2D eigenvalue weighted by Crippen LogP contribution is -2.06. The SMILES string of the molecule is COc1cc(C#N)ccc1OC(=O)/C=C/c1c(C)nn(CC(C)C)c1Cl. The van der Waals surface area contributed by atoms with Crippen LogP contribution in [0.3, 0.4) is 0 Å². The number of benzene rings is 1. The number of halogens is 1. The second-order valence-electron chi connectivity index (χ2n) is 6.10. The number of ether oxygens (including phenoxy) is 2. The standard InChI is InChI=1S/C19H20ClN3O3/c1-12(2)11-23-19(20)15(13(3)22-23)6-8-18(24)26-16-7-5-14(10-21)9-17(16)25-4/h5-9,12H,11H2,1-4H3/b8-6+. The fraction of sp³-hybridized carbons (Fsp3) is 0.316. The molecule has 0 spiro atoms. The second kappa shape index (κ2) is 8.54. The Bertz CT molecular complexity index is 879. The highest BCUT2D eigenvalue weighted by Crippen LogP contribution is 2.28. The van der Waals surface area contributed by atoms with Crippen LogP contribution in [0.2, 0.25) is 5.15 Å². The lowest BCUT2D eigenvalue weighted by atomic mass is 10.2. The molecule has 0 aliphatic heterocycles. The first-order valence-corrected chi connectivity index (χ1v) is 8.44. The molecule has 7 heteroatoms. The lowest BCUT2D eigenvalue weighted by molar-refractivity contribution is -0.129. The summed E-state index contributed by atoms with van der Waals surface area (Å²) >= 11 is 6.34. The smallest absolute Gasteiger partial charge is 0.336 e. The Morgan fingerprint density at radius 3 is 2.77 bits per heavy atom. The molecular formula is C19H20ClN3O3. The number of methoxy groups -OCH3 is 1. The van der Waals surface area contributed by atoms with E-state index in [9.17, 15) is 4.79 Å². The van der Waals surface area contributed by atoms with E-state index in [2.05, 4.69) is 18.9 Å². The minimum Gasteiger partial charge on any atom is -0.493 e. The van der Waals surface area contributed by atoms with Gasteiger partial charge in [0.25, 0.3) is 0 Å². The average molecular weight is 374 g/mol. The van der Waals surface area contributed by atoms with Crippen molar-refractivity contribution in [3.63, 3.8) is 0 Å². The van der Waals surface area contributed by atoms with E-state index in [4.69, 9.17) is 26.3 Å². The number of hydrogen-bond acceptors (Lipinski definition) is 5. The molecular weight excluding hydrogens is 354 g/mol. The highest BCUT2D eigenvalue weighted by atomic mass is 35.5. The lowest BCUT2D eigenvalue weighted by Gasteiger charge is -2.07. The molecule has 0 amide bonds. The first-order valence-electron chi connectivity index (χ1n) is 8.06. The van der Waals surface area contributed by atoms with Crippen molar-refractivity contribution in [1.29, 1.82) is 5.26 Å². The summed E-state index contributed by atoms with van der Waals surface area (Å²) in [7, 11) is 1.44. The van der Waals surface area contributed by atoms with Gasteiger partial charge in [0.15, 0.2) is 11.5 Å². The average Bonchev–Trinajstić information content (AvgIpc) is 2.86. The Hall–Kier alpha value is -2.78. The van der Waals surface area contributed by atoms with Gasteiger partial charge in [-0.1, -0.05) is 25.4 Å². The molecule has 0 aliphatic rings. The van der Waals surface area contributed by atoms with E-state index in [-0.39, 0.29) is 5.75 Å². The molecule has 26 heavy (non-hydrogen) atoms. The molecule has 2 rings (SSSR count). The van der Waals surface area contributed by atoms with Crippen molar-refractivity contribution in [3.8, 4) is 17.6 Å². The normalized spacial score (nSPS) is 11.0. The molecule has 0 aliphatic carbocycles. The molecule has 2 aromatic rings. The molecule has 0 bridgehead atoms. The van der Waals surface area contributed by atoms with Gasteiger partial charge in [0.05, 0.1) is 24.4 Å². The van der Waals surface area contributed by atoms with Crippen LogP contribution in [0.4, 0.5) is 0 Å². The maximum atomic E-state index is 12.1. The number of esters is 1. The largest absolute Gasteiger partial charge is 0.493 e. The summed E-state index contributed by atoms with van der Waals surface area (Å²) in [5, 5.41) is 13.8. The molecule has 136 valence electrons. The monoisotopic (exact) mass is 373 g/mol. The van der Waals surface area contributed by atoms with Gasteiger partial charge >= 0.3 is 5.97 Å². The van der Waals surface area contributed by atoms with Gasteiger partial charge < -0.3 is 9.47 Å². The number of aryl methyl sites for hydroxylation is 1. The van der Waals surface area contributed by atoms with Gasteiger partial charge in [0, 0.05) is 24.3 Å². The van der Waals surface area contributed by atoms with Gasteiger partial charge in [-0.3, -0.25) is 4.68 Å². The van der Waals surface area contributed by atoms with Crippen molar-refractivity contribution in [3.05, 3.63) is 46.2 Å². The minimum absolute atomic E-state index is 0.236. The zero-order chi connectivity index (χ0) is 19.3.